The van der Waals surface area contributed by atoms with E-state index in [1.165, 1.54) is 31.2 Å². The first-order valence-corrected chi connectivity index (χ1v) is 11.3. The maximum absolute atomic E-state index is 11.2. The Morgan fingerprint density at radius 3 is 1.64 bits per heavy atom. The highest BCUT2D eigenvalue weighted by Gasteiger charge is 2.16. The van der Waals surface area contributed by atoms with Crippen molar-refractivity contribution in [1.82, 2.24) is 0 Å². The van der Waals surface area contributed by atoms with E-state index in [-0.39, 0.29) is 53.8 Å². The standard InChI is InChI=1S/C26H22N2O11/c1-16(26(31)32)13-37-23-7-17(14-38-21-2-4-24(27(33)34)19(9-21)11-29)6-18(8-23)15-39-22-3-5-25(28(35)36)20(10-22)12-30/h2-12,16H,13-15H2,1H3,(H,31,32). The normalized spacial score (nSPS) is 11.2. The molecule has 3 aromatic rings. The number of hydrogen-bond donors (Lipinski definition) is 1. The van der Waals surface area contributed by atoms with Gasteiger partial charge in [-0.15, -0.1) is 0 Å². The summed E-state index contributed by atoms with van der Waals surface area (Å²) in [4.78, 5) is 54.3. The van der Waals surface area contributed by atoms with Crippen LogP contribution < -0.4 is 14.2 Å². The number of carbonyl (C=O) groups excluding carboxylic acids is 2. The van der Waals surface area contributed by atoms with Crippen molar-refractivity contribution in [3.8, 4) is 17.2 Å². The largest absolute Gasteiger partial charge is 0.493 e. The van der Waals surface area contributed by atoms with E-state index in [1.54, 1.807) is 18.2 Å². The minimum Gasteiger partial charge on any atom is -0.493 e. The second-order valence-electron chi connectivity index (χ2n) is 8.30. The molecule has 3 rings (SSSR count). The van der Waals surface area contributed by atoms with Gasteiger partial charge >= 0.3 is 5.97 Å². The van der Waals surface area contributed by atoms with Crippen LogP contribution in [0.5, 0.6) is 17.2 Å². The highest BCUT2D eigenvalue weighted by molar-refractivity contribution is 5.82. The summed E-state index contributed by atoms with van der Waals surface area (Å²) in [5.74, 6) is -1.09. The van der Waals surface area contributed by atoms with Gasteiger partial charge in [-0.2, -0.15) is 0 Å². The summed E-state index contributed by atoms with van der Waals surface area (Å²) in [6.07, 6.45) is 0.708. The summed E-state index contributed by atoms with van der Waals surface area (Å²) >= 11 is 0. The number of carboxylic acid groups (broad SMARTS) is 1. The number of benzene rings is 3. The molecule has 1 N–H and O–H groups in total. The third-order valence-electron chi connectivity index (χ3n) is 5.40. The lowest BCUT2D eigenvalue weighted by atomic mass is 10.1. The van der Waals surface area contributed by atoms with E-state index in [1.807, 2.05) is 0 Å². The average Bonchev–Trinajstić information content (AvgIpc) is 2.92. The third kappa shape index (κ3) is 7.58. The summed E-state index contributed by atoms with van der Waals surface area (Å²) in [7, 11) is 0. The van der Waals surface area contributed by atoms with Crippen LogP contribution in [0.2, 0.25) is 0 Å². The fourth-order valence-corrected chi connectivity index (χ4v) is 3.37. The Kier molecular flexibility index (Phi) is 9.24. The Labute approximate surface area is 220 Å². The number of nitrogens with zero attached hydrogens (tertiary/aromatic N) is 2. The van der Waals surface area contributed by atoms with E-state index in [2.05, 4.69) is 0 Å². The van der Waals surface area contributed by atoms with Crippen molar-refractivity contribution < 1.29 is 43.5 Å². The Balaban J connectivity index is 1.81. The van der Waals surface area contributed by atoms with Gasteiger partial charge in [-0.3, -0.25) is 34.6 Å². The van der Waals surface area contributed by atoms with E-state index in [4.69, 9.17) is 19.3 Å². The van der Waals surface area contributed by atoms with Gasteiger partial charge in [0.15, 0.2) is 12.6 Å². The molecule has 0 saturated heterocycles. The number of aldehydes is 2. The van der Waals surface area contributed by atoms with E-state index in [0.717, 1.165) is 12.1 Å². The van der Waals surface area contributed by atoms with Crippen LogP contribution in [0.25, 0.3) is 0 Å². The van der Waals surface area contributed by atoms with Gasteiger partial charge in [0.1, 0.15) is 37.1 Å². The van der Waals surface area contributed by atoms with Crippen LogP contribution in [0, 0.1) is 26.1 Å². The summed E-state index contributed by atoms with van der Waals surface area (Å²) in [5, 5.41) is 31.2. The Morgan fingerprint density at radius 1 is 0.795 bits per heavy atom. The fourth-order valence-electron chi connectivity index (χ4n) is 3.37. The number of carbonyl (C=O) groups is 3. The fraction of sp³-hybridized carbons (Fsp3) is 0.192. The van der Waals surface area contributed by atoms with Crippen molar-refractivity contribution in [3.63, 3.8) is 0 Å². The lowest BCUT2D eigenvalue weighted by molar-refractivity contribution is -0.385. The van der Waals surface area contributed by atoms with Gasteiger partial charge in [0.25, 0.3) is 11.4 Å². The molecule has 0 aliphatic heterocycles. The van der Waals surface area contributed by atoms with Crippen LogP contribution in [0.15, 0.2) is 54.6 Å². The minimum atomic E-state index is -1.04. The van der Waals surface area contributed by atoms with Gasteiger partial charge in [0.05, 0.1) is 26.9 Å². The zero-order valence-electron chi connectivity index (χ0n) is 20.5. The molecule has 1 atom stereocenters. The lowest BCUT2D eigenvalue weighted by Gasteiger charge is -2.14. The monoisotopic (exact) mass is 538 g/mol. The highest BCUT2D eigenvalue weighted by Crippen LogP contribution is 2.26. The van der Waals surface area contributed by atoms with E-state index in [0.29, 0.717) is 29.4 Å². The van der Waals surface area contributed by atoms with Crippen LogP contribution in [0.1, 0.15) is 38.8 Å². The topological polar surface area (TPSA) is 185 Å². The number of aliphatic carboxylic acids is 1. The van der Waals surface area contributed by atoms with Crippen molar-refractivity contribution in [2.24, 2.45) is 5.92 Å². The molecule has 0 spiro atoms. The van der Waals surface area contributed by atoms with Gasteiger partial charge in [0.2, 0.25) is 0 Å². The number of nitro benzene ring substituents is 2. The van der Waals surface area contributed by atoms with Gasteiger partial charge in [-0.05, 0) is 60.5 Å². The summed E-state index contributed by atoms with van der Waals surface area (Å²) < 4.78 is 17.0. The number of nitro groups is 2. The maximum Gasteiger partial charge on any atom is 0.309 e. The van der Waals surface area contributed by atoms with Crippen LogP contribution in [0.3, 0.4) is 0 Å². The summed E-state index contributed by atoms with van der Waals surface area (Å²) in [5.41, 5.74) is 0.121. The van der Waals surface area contributed by atoms with Crippen molar-refractivity contribution in [1.29, 1.82) is 0 Å². The second kappa shape index (κ2) is 12.8. The molecule has 0 fully saturated rings. The maximum atomic E-state index is 11.2. The van der Waals surface area contributed by atoms with E-state index in [9.17, 15) is 34.6 Å². The van der Waals surface area contributed by atoms with E-state index >= 15 is 0 Å². The van der Waals surface area contributed by atoms with Crippen molar-refractivity contribution in [2.75, 3.05) is 6.61 Å². The Hall–Kier alpha value is -5.33. The molecule has 0 saturated carbocycles. The first-order chi connectivity index (χ1) is 18.6. The van der Waals surface area contributed by atoms with Gasteiger partial charge in [-0.25, -0.2) is 0 Å². The van der Waals surface area contributed by atoms with E-state index < -0.39 is 21.7 Å². The number of ether oxygens (including phenoxy) is 3. The molecule has 3 aromatic carbocycles. The zero-order valence-corrected chi connectivity index (χ0v) is 20.5. The molecule has 0 aliphatic rings. The van der Waals surface area contributed by atoms with Crippen LogP contribution in [-0.2, 0) is 18.0 Å². The Morgan fingerprint density at radius 2 is 1.26 bits per heavy atom. The minimum absolute atomic E-state index is 0.0401. The van der Waals surface area contributed by atoms with Gasteiger partial charge < -0.3 is 19.3 Å². The molecule has 0 bridgehead atoms. The average molecular weight is 538 g/mol. The smallest absolute Gasteiger partial charge is 0.309 e. The molecular formula is C26H22N2O11. The van der Waals surface area contributed by atoms with Gasteiger partial charge in [0, 0.05) is 12.1 Å². The highest BCUT2D eigenvalue weighted by atomic mass is 16.6. The summed E-state index contributed by atoms with van der Waals surface area (Å²) in [6, 6.07) is 12.4. The second-order valence-corrected chi connectivity index (χ2v) is 8.30. The zero-order chi connectivity index (χ0) is 28.5. The first-order valence-electron chi connectivity index (χ1n) is 11.3. The molecule has 39 heavy (non-hydrogen) atoms. The number of rotatable bonds is 14. The molecule has 0 radical (unpaired) electrons. The van der Waals surface area contributed by atoms with Crippen LogP contribution >= 0.6 is 0 Å². The molecule has 1 unspecified atom stereocenters. The van der Waals surface area contributed by atoms with Gasteiger partial charge in [-0.1, -0.05) is 0 Å². The molecule has 0 aliphatic carbocycles. The number of carboxylic acids is 1. The van der Waals surface area contributed by atoms with Crippen molar-refractivity contribution in [2.45, 2.75) is 20.1 Å². The SMILES string of the molecule is CC(COc1cc(COc2ccc([N+](=O)[O-])c(C=O)c2)cc(COc2ccc([N+](=O)[O-])c(C=O)c2)c1)C(=O)O. The van der Waals surface area contributed by atoms with Crippen LogP contribution in [-0.4, -0.2) is 40.1 Å². The molecule has 13 heteroatoms. The van der Waals surface area contributed by atoms with Crippen molar-refractivity contribution >= 4 is 29.9 Å². The quantitative estimate of drug-likeness (QED) is 0.174. The van der Waals surface area contributed by atoms with Crippen LogP contribution in [0.4, 0.5) is 11.4 Å². The molecule has 0 aromatic heterocycles. The predicted molar refractivity (Wildman–Crippen MR) is 134 cm³/mol. The molecule has 0 heterocycles. The lowest BCUT2D eigenvalue weighted by Crippen LogP contribution is -2.18. The third-order valence-corrected chi connectivity index (χ3v) is 5.40. The molecular weight excluding hydrogens is 516 g/mol. The Bertz CT molecular complexity index is 1330. The molecule has 13 nitrogen and oxygen atoms in total. The molecule has 202 valence electrons. The summed E-state index contributed by atoms with van der Waals surface area (Å²) in [6.45, 7) is 1.29. The molecule has 0 amide bonds. The number of hydrogen-bond acceptors (Lipinski definition) is 10. The first kappa shape index (κ1) is 28.2. The predicted octanol–water partition coefficient (Wildman–Crippen LogP) is 4.39. The van der Waals surface area contributed by atoms with Crippen molar-refractivity contribution in [3.05, 3.63) is 97.1 Å².